The molecular weight excluding hydrogens is 396 g/mol. The van der Waals surface area contributed by atoms with E-state index in [1.165, 1.54) is 56.1 Å². The normalized spacial score (nSPS) is 24.3. The second kappa shape index (κ2) is 11.8. The fourth-order valence-electron chi connectivity index (χ4n) is 5.30. The van der Waals surface area contributed by atoms with Crippen molar-refractivity contribution in [2.75, 3.05) is 32.8 Å². The molecule has 2 aliphatic rings. The van der Waals surface area contributed by atoms with Crippen LogP contribution in [0, 0.1) is 0 Å². The molecule has 0 unspecified atom stereocenters. The Morgan fingerprint density at radius 2 is 1.78 bits per heavy atom. The Bertz CT molecular complexity index is 796. The first kappa shape index (κ1) is 23.3. The zero-order chi connectivity index (χ0) is 22.1. The Hall–Kier alpha value is -1.88. The van der Waals surface area contributed by atoms with Crippen LogP contribution in [0.15, 0.2) is 54.6 Å². The summed E-state index contributed by atoms with van der Waals surface area (Å²) in [6.45, 7) is 7.92. The molecule has 1 aliphatic carbocycles. The van der Waals surface area contributed by atoms with Crippen LogP contribution in [0.4, 0.5) is 0 Å². The minimum Gasteiger partial charge on any atom is -0.489 e. The minimum atomic E-state index is 0.0582. The van der Waals surface area contributed by atoms with E-state index in [-0.39, 0.29) is 5.54 Å². The van der Waals surface area contributed by atoms with Gasteiger partial charge in [-0.3, -0.25) is 4.90 Å². The number of hydrogen-bond donors (Lipinski definition) is 1. The van der Waals surface area contributed by atoms with Gasteiger partial charge in [0.2, 0.25) is 0 Å². The van der Waals surface area contributed by atoms with Crippen molar-refractivity contribution in [1.29, 1.82) is 0 Å². The van der Waals surface area contributed by atoms with E-state index in [9.17, 15) is 0 Å². The van der Waals surface area contributed by atoms with Crippen LogP contribution in [0.2, 0.25) is 0 Å². The number of benzene rings is 2. The molecule has 2 fully saturated rings. The third-order valence-corrected chi connectivity index (χ3v) is 7.25. The number of nitrogens with one attached hydrogen (secondary N) is 1. The number of ether oxygens (including phenoxy) is 2. The summed E-state index contributed by atoms with van der Waals surface area (Å²) in [5.41, 5.74) is 2.65. The maximum absolute atomic E-state index is 6.18. The van der Waals surface area contributed by atoms with Crippen molar-refractivity contribution in [2.24, 2.45) is 0 Å². The monoisotopic (exact) mass is 436 g/mol. The molecule has 2 aromatic rings. The molecule has 1 saturated heterocycles. The topological polar surface area (TPSA) is 33.7 Å². The van der Waals surface area contributed by atoms with Crippen LogP contribution in [0.1, 0.15) is 63.0 Å². The predicted molar refractivity (Wildman–Crippen MR) is 131 cm³/mol. The average Bonchev–Trinajstić information content (AvgIpc) is 2.87. The third-order valence-electron chi connectivity index (χ3n) is 7.25. The molecule has 4 heteroatoms. The standard InChI is InChI=1S/C28H40N2O2/c1-2-3-7-17-29-28(15-13-26(14-16-28)30-18-20-31-21-19-30)25-11-8-12-27(22-25)32-23-24-9-5-4-6-10-24/h4-6,8-12,22,26,29H,2-3,7,13-21,23H2,1H3. The highest BCUT2D eigenvalue weighted by atomic mass is 16.5. The first-order valence-electron chi connectivity index (χ1n) is 12.6. The van der Waals surface area contributed by atoms with Gasteiger partial charge in [0, 0.05) is 24.7 Å². The molecule has 0 spiro atoms. The van der Waals surface area contributed by atoms with E-state index in [1.807, 2.05) is 6.07 Å². The number of rotatable bonds is 10. The van der Waals surface area contributed by atoms with Crippen LogP contribution in [0.3, 0.4) is 0 Å². The summed E-state index contributed by atoms with van der Waals surface area (Å²) in [5.74, 6) is 0.969. The molecule has 0 amide bonds. The molecule has 1 aliphatic heterocycles. The Morgan fingerprint density at radius 3 is 2.53 bits per heavy atom. The SMILES string of the molecule is CCCCCNC1(c2cccc(OCc3ccccc3)c2)CCC(N2CCOCC2)CC1. The summed E-state index contributed by atoms with van der Waals surface area (Å²) < 4.78 is 11.8. The quantitative estimate of drug-likeness (QED) is 0.498. The molecule has 0 radical (unpaired) electrons. The highest BCUT2D eigenvalue weighted by molar-refractivity contribution is 5.34. The van der Waals surface area contributed by atoms with Gasteiger partial charge < -0.3 is 14.8 Å². The maximum Gasteiger partial charge on any atom is 0.120 e. The molecular formula is C28H40N2O2. The minimum absolute atomic E-state index is 0.0582. The van der Waals surface area contributed by atoms with Crippen molar-refractivity contribution in [1.82, 2.24) is 10.2 Å². The molecule has 4 rings (SSSR count). The molecule has 1 heterocycles. The second-order valence-corrected chi connectivity index (χ2v) is 9.40. The van der Waals surface area contributed by atoms with E-state index in [0.717, 1.165) is 38.6 Å². The van der Waals surface area contributed by atoms with Gasteiger partial charge in [0.25, 0.3) is 0 Å². The van der Waals surface area contributed by atoms with E-state index in [0.29, 0.717) is 12.6 Å². The van der Waals surface area contributed by atoms with Gasteiger partial charge in [-0.05, 0) is 61.9 Å². The van der Waals surface area contributed by atoms with Gasteiger partial charge >= 0.3 is 0 Å². The Labute approximate surface area is 194 Å². The van der Waals surface area contributed by atoms with Crippen molar-refractivity contribution in [3.05, 3.63) is 65.7 Å². The van der Waals surface area contributed by atoms with Crippen LogP contribution >= 0.6 is 0 Å². The van der Waals surface area contributed by atoms with Crippen molar-refractivity contribution < 1.29 is 9.47 Å². The second-order valence-electron chi connectivity index (χ2n) is 9.40. The average molecular weight is 437 g/mol. The lowest BCUT2D eigenvalue weighted by Crippen LogP contribution is -2.51. The molecule has 1 N–H and O–H groups in total. The fraction of sp³-hybridized carbons (Fsp3) is 0.571. The first-order chi connectivity index (χ1) is 15.8. The van der Waals surface area contributed by atoms with E-state index in [4.69, 9.17) is 9.47 Å². The van der Waals surface area contributed by atoms with E-state index >= 15 is 0 Å². The Balaban J connectivity index is 1.45. The predicted octanol–water partition coefficient (Wildman–Crippen LogP) is 5.52. The number of morpholine rings is 1. The fourth-order valence-corrected chi connectivity index (χ4v) is 5.30. The summed E-state index contributed by atoms with van der Waals surface area (Å²) >= 11 is 0. The van der Waals surface area contributed by atoms with Gasteiger partial charge in [0.15, 0.2) is 0 Å². The van der Waals surface area contributed by atoms with Crippen molar-refractivity contribution in [3.8, 4) is 5.75 Å². The molecule has 0 atom stereocenters. The van der Waals surface area contributed by atoms with Gasteiger partial charge in [-0.1, -0.05) is 62.2 Å². The zero-order valence-electron chi connectivity index (χ0n) is 19.7. The number of hydrogen-bond acceptors (Lipinski definition) is 4. The summed E-state index contributed by atoms with van der Waals surface area (Å²) in [7, 11) is 0. The molecule has 174 valence electrons. The van der Waals surface area contributed by atoms with E-state index < -0.39 is 0 Å². The molecule has 1 saturated carbocycles. The maximum atomic E-state index is 6.18. The molecule has 32 heavy (non-hydrogen) atoms. The van der Waals surface area contributed by atoms with Gasteiger partial charge in [-0.25, -0.2) is 0 Å². The summed E-state index contributed by atoms with van der Waals surface area (Å²) in [5, 5.41) is 4.01. The van der Waals surface area contributed by atoms with Crippen LogP contribution in [0.5, 0.6) is 5.75 Å². The highest BCUT2D eigenvalue weighted by Gasteiger charge is 2.38. The molecule has 4 nitrogen and oxygen atoms in total. The number of unbranched alkanes of at least 4 members (excludes halogenated alkanes) is 2. The van der Waals surface area contributed by atoms with E-state index in [1.54, 1.807) is 0 Å². The Kier molecular flexibility index (Phi) is 8.61. The molecule has 0 bridgehead atoms. The number of nitrogens with zero attached hydrogens (tertiary/aromatic N) is 1. The van der Waals surface area contributed by atoms with Crippen molar-refractivity contribution in [3.63, 3.8) is 0 Å². The molecule has 0 aromatic heterocycles. The lowest BCUT2D eigenvalue weighted by atomic mass is 9.74. The van der Waals surface area contributed by atoms with Crippen LogP contribution in [-0.2, 0) is 16.9 Å². The third kappa shape index (κ3) is 6.12. The van der Waals surface area contributed by atoms with Crippen LogP contribution in [0.25, 0.3) is 0 Å². The first-order valence-corrected chi connectivity index (χ1v) is 12.6. The summed E-state index contributed by atoms with van der Waals surface area (Å²) in [6, 6.07) is 20.0. The van der Waals surface area contributed by atoms with Crippen LogP contribution in [-0.4, -0.2) is 43.8 Å². The van der Waals surface area contributed by atoms with Crippen molar-refractivity contribution >= 4 is 0 Å². The largest absolute Gasteiger partial charge is 0.489 e. The lowest BCUT2D eigenvalue weighted by molar-refractivity contribution is 0.000466. The van der Waals surface area contributed by atoms with Gasteiger partial charge in [-0.15, -0.1) is 0 Å². The van der Waals surface area contributed by atoms with E-state index in [2.05, 4.69) is 65.7 Å². The molecule has 2 aromatic carbocycles. The van der Waals surface area contributed by atoms with Gasteiger partial charge in [0.05, 0.1) is 13.2 Å². The summed E-state index contributed by atoms with van der Waals surface area (Å²) in [4.78, 5) is 2.66. The Morgan fingerprint density at radius 1 is 1.00 bits per heavy atom. The van der Waals surface area contributed by atoms with Gasteiger partial charge in [-0.2, -0.15) is 0 Å². The van der Waals surface area contributed by atoms with Crippen molar-refractivity contribution in [2.45, 2.75) is 70.1 Å². The highest BCUT2D eigenvalue weighted by Crippen LogP contribution is 2.40. The zero-order valence-corrected chi connectivity index (χ0v) is 19.7. The lowest BCUT2D eigenvalue weighted by Gasteiger charge is -2.45. The smallest absolute Gasteiger partial charge is 0.120 e. The van der Waals surface area contributed by atoms with Gasteiger partial charge in [0.1, 0.15) is 12.4 Å². The summed E-state index contributed by atoms with van der Waals surface area (Å²) in [6.07, 6.45) is 8.66. The van der Waals surface area contributed by atoms with Crippen LogP contribution < -0.4 is 10.1 Å².